The third-order valence-corrected chi connectivity index (χ3v) is 2.65. The number of halogens is 3. The Kier molecular flexibility index (Phi) is 4.39. The smallest absolute Gasteiger partial charge is 0.166 e. The molecule has 0 N–H and O–H groups in total. The first kappa shape index (κ1) is 13.1. The highest BCUT2D eigenvalue weighted by atomic mass is 19.4. The summed E-state index contributed by atoms with van der Waals surface area (Å²) in [4.78, 5) is 0. The fourth-order valence-corrected chi connectivity index (χ4v) is 1.83. The first-order valence-electron chi connectivity index (χ1n) is 5.59. The Hall–Kier alpha value is -0.990. The van der Waals surface area contributed by atoms with Crippen LogP contribution in [0.5, 0.6) is 0 Å². The van der Waals surface area contributed by atoms with Crippen LogP contribution in [0.2, 0.25) is 0 Å². The summed E-state index contributed by atoms with van der Waals surface area (Å²) in [5.74, 6) is 0.529. The van der Waals surface area contributed by atoms with Gasteiger partial charge in [-0.2, -0.15) is 13.2 Å². The molecular weight excluding hydrogens is 213 g/mol. The maximum absolute atomic E-state index is 12.3. The Morgan fingerprint density at radius 1 is 1.12 bits per heavy atom. The van der Waals surface area contributed by atoms with E-state index in [-0.39, 0.29) is 0 Å². The fourth-order valence-electron chi connectivity index (χ4n) is 1.83. The van der Waals surface area contributed by atoms with Gasteiger partial charge < -0.3 is 0 Å². The zero-order valence-electron chi connectivity index (χ0n) is 9.64. The van der Waals surface area contributed by atoms with E-state index in [9.17, 15) is 13.2 Å². The molecule has 1 aromatic carbocycles. The van der Waals surface area contributed by atoms with Crippen molar-refractivity contribution in [2.75, 3.05) is 0 Å². The van der Waals surface area contributed by atoms with Crippen molar-refractivity contribution in [3.8, 4) is 0 Å². The lowest BCUT2D eigenvalue weighted by Crippen LogP contribution is -2.05. The van der Waals surface area contributed by atoms with Crippen molar-refractivity contribution in [1.82, 2.24) is 0 Å². The van der Waals surface area contributed by atoms with Gasteiger partial charge in [0.05, 0.1) is 5.56 Å². The van der Waals surface area contributed by atoms with E-state index >= 15 is 0 Å². The highest BCUT2D eigenvalue weighted by molar-refractivity contribution is 5.24. The van der Waals surface area contributed by atoms with Crippen LogP contribution in [0.3, 0.4) is 0 Å². The summed E-state index contributed by atoms with van der Waals surface area (Å²) in [5.41, 5.74) is 0.411. The van der Waals surface area contributed by atoms with E-state index in [1.165, 1.54) is 0 Å². The zero-order valence-corrected chi connectivity index (χ0v) is 9.64. The van der Waals surface area contributed by atoms with Gasteiger partial charge in [0, 0.05) is 0 Å². The number of benzene rings is 1. The van der Waals surface area contributed by atoms with Gasteiger partial charge in [-0.15, -0.1) is 0 Å². The quantitative estimate of drug-likeness (QED) is 0.704. The van der Waals surface area contributed by atoms with Crippen molar-refractivity contribution < 1.29 is 13.2 Å². The summed E-state index contributed by atoms with van der Waals surface area (Å²) in [6, 6.07) is 5.48. The van der Waals surface area contributed by atoms with Crippen molar-refractivity contribution >= 4 is 0 Å². The van der Waals surface area contributed by atoms with Crippen LogP contribution in [0.25, 0.3) is 0 Å². The van der Waals surface area contributed by atoms with Crippen LogP contribution < -0.4 is 0 Å². The topological polar surface area (TPSA) is 0 Å². The molecule has 0 spiro atoms. The molecule has 90 valence electrons. The minimum Gasteiger partial charge on any atom is -0.166 e. The molecule has 0 fully saturated rings. The highest BCUT2D eigenvalue weighted by Gasteiger charge is 2.29. The van der Waals surface area contributed by atoms with E-state index < -0.39 is 11.7 Å². The Bertz CT molecular complexity index is 311. The minimum atomic E-state index is -4.23. The molecule has 0 bridgehead atoms. The second-order valence-corrected chi connectivity index (χ2v) is 4.29. The lowest BCUT2D eigenvalue weighted by atomic mass is 9.96. The van der Waals surface area contributed by atoms with E-state index in [0.29, 0.717) is 5.92 Å². The average Bonchev–Trinajstić information content (AvgIpc) is 2.17. The van der Waals surface area contributed by atoms with Crippen LogP contribution in [0.1, 0.15) is 37.8 Å². The van der Waals surface area contributed by atoms with E-state index in [4.69, 9.17) is 0 Å². The molecule has 0 aromatic heterocycles. The summed E-state index contributed by atoms with van der Waals surface area (Å²) >= 11 is 0. The van der Waals surface area contributed by atoms with Gasteiger partial charge in [-0.25, -0.2) is 0 Å². The van der Waals surface area contributed by atoms with Gasteiger partial charge in [-0.05, 0) is 30.0 Å². The summed E-state index contributed by atoms with van der Waals surface area (Å²) < 4.78 is 36.9. The lowest BCUT2D eigenvalue weighted by Gasteiger charge is -2.11. The van der Waals surface area contributed by atoms with E-state index in [1.54, 1.807) is 12.1 Å². The van der Waals surface area contributed by atoms with Crippen molar-refractivity contribution in [3.05, 3.63) is 35.4 Å². The highest BCUT2D eigenvalue weighted by Crippen LogP contribution is 2.29. The van der Waals surface area contributed by atoms with Crippen LogP contribution in [-0.2, 0) is 12.6 Å². The Morgan fingerprint density at radius 3 is 2.12 bits per heavy atom. The molecule has 3 heteroatoms. The lowest BCUT2D eigenvalue weighted by molar-refractivity contribution is -0.137. The van der Waals surface area contributed by atoms with Gasteiger partial charge in [0.15, 0.2) is 0 Å². The van der Waals surface area contributed by atoms with Crippen molar-refractivity contribution in [2.45, 2.75) is 39.3 Å². The van der Waals surface area contributed by atoms with E-state index in [2.05, 4.69) is 13.8 Å². The standard InChI is InChI=1S/C13H17F3/c1-3-4-10(2)9-11-5-7-12(8-6-11)13(14,15)16/h5-8,10H,3-4,9H2,1-2H3/t10-/m0/s1. The van der Waals surface area contributed by atoms with Gasteiger partial charge >= 0.3 is 6.18 Å². The number of hydrogen-bond donors (Lipinski definition) is 0. The second-order valence-electron chi connectivity index (χ2n) is 4.29. The second kappa shape index (κ2) is 5.37. The molecule has 0 saturated heterocycles. The van der Waals surface area contributed by atoms with Gasteiger partial charge in [0.1, 0.15) is 0 Å². The van der Waals surface area contributed by atoms with Crippen LogP contribution in [0, 0.1) is 5.92 Å². The first-order chi connectivity index (χ1) is 7.43. The van der Waals surface area contributed by atoms with Crippen molar-refractivity contribution in [2.24, 2.45) is 5.92 Å². The number of rotatable bonds is 4. The van der Waals surface area contributed by atoms with Crippen molar-refractivity contribution in [3.63, 3.8) is 0 Å². The Labute approximate surface area is 94.5 Å². The van der Waals surface area contributed by atoms with E-state index in [0.717, 1.165) is 37.0 Å². The number of hydrogen-bond acceptors (Lipinski definition) is 0. The third kappa shape index (κ3) is 3.87. The van der Waals surface area contributed by atoms with Crippen molar-refractivity contribution in [1.29, 1.82) is 0 Å². The third-order valence-electron chi connectivity index (χ3n) is 2.65. The molecular formula is C13H17F3. The molecule has 0 aliphatic heterocycles. The van der Waals surface area contributed by atoms with Crippen LogP contribution in [-0.4, -0.2) is 0 Å². The predicted octanol–water partition coefficient (Wildman–Crippen LogP) is 4.68. The summed E-state index contributed by atoms with van der Waals surface area (Å²) in [6.45, 7) is 4.24. The predicted molar refractivity (Wildman–Crippen MR) is 59.2 cm³/mol. The molecule has 1 aromatic rings. The summed E-state index contributed by atoms with van der Waals surface area (Å²) in [7, 11) is 0. The van der Waals surface area contributed by atoms with Gasteiger partial charge in [-0.3, -0.25) is 0 Å². The van der Waals surface area contributed by atoms with Gasteiger partial charge in [0.25, 0.3) is 0 Å². The Morgan fingerprint density at radius 2 is 1.69 bits per heavy atom. The SMILES string of the molecule is CCC[C@H](C)Cc1ccc(C(F)(F)F)cc1. The number of alkyl halides is 3. The normalized spacial score (nSPS) is 13.8. The summed E-state index contributed by atoms with van der Waals surface area (Å²) in [6.07, 6.45) is -1.15. The minimum absolute atomic E-state index is 0.529. The van der Waals surface area contributed by atoms with Gasteiger partial charge in [0.2, 0.25) is 0 Å². The molecule has 0 nitrogen and oxygen atoms in total. The molecule has 1 atom stereocenters. The molecule has 0 heterocycles. The molecule has 16 heavy (non-hydrogen) atoms. The Balaban J connectivity index is 2.65. The molecule has 0 amide bonds. The van der Waals surface area contributed by atoms with Crippen LogP contribution >= 0.6 is 0 Å². The van der Waals surface area contributed by atoms with Crippen LogP contribution in [0.15, 0.2) is 24.3 Å². The van der Waals surface area contributed by atoms with Gasteiger partial charge in [-0.1, -0.05) is 38.8 Å². The molecule has 0 aliphatic carbocycles. The molecule has 1 rings (SSSR count). The maximum atomic E-state index is 12.3. The van der Waals surface area contributed by atoms with Crippen LogP contribution in [0.4, 0.5) is 13.2 Å². The fraction of sp³-hybridized carbons (Fsp3) is 0.538. The maximum Gasteiger partial charge on any atom is 0.416 e. The molecule has 0 aliphatic rings. The monoisotopic (exact) mass is 230 g/mol. The molecule has 0 radical (unpaired) electrons. The summed E-state index contributed by atoms with van der Waals surface area (Å²) in [5, 5.41) is 0. The zero-order chi connectivity index (χ0) is 12.2. The molecule has 0 saturated carbocycles. The van der Waals surface area contributed by atoms with E-state index in [1.807, 2.05) is 0 Å². The largest absolute Gasteiger partial charge is 0.416 e. The average molecular weight is 230 g/mol. The first-order valence-corrected chi connectivity index (χ1v) is 5.59. The molecule has 0 unspecified atom stereocenters.